The van der Waals surface area contributed by atoms with Gasteiger partial charge in [0.05, 0.1) is 17.4 Å². The Balaban J connectivity index is 3.42. The summed E-state index contributed by atoms with van der Waals surface area (Å²) in [4.78, 5) is 12.9. The van der Waals surface area contributed by atoms with Gasteiger partial charge in [0.1, 0.15) is 17.6 Å². The number of nitrogen functional groups attached to an aromatic ring is 1. The molecule has 0 bridgehead atoms. The van der Waals surface area contributed by atoms with Crippen molar-refractivity contribution in [3.05, 3.63) is 27.6 Å². The molecule has 84 valence electrons. The van der Waals surface area contributed by atoms with Gasteiger partial charge in [0, 0.05) is 5.56 Å². The summed E-state index contributed by atoms with van der Waals surface area (Å²) in [5.41, 5.74) is 3.36. The largest absolute Gasteiger partial charge is 0.393 e. The molecule has 6 nitrogen and oxygen atoms in total. The van der Waals surface area contributed by atoms with Gasteiger partial charge in [-0.3, -0.25) is 10.1 Å². The minimum Gasteiger partial charge on any atom is -0.393 e. The Labute approximate surface area is 88.5 Å². The van der Waals surface area contributed by atoms with E-state index in [-0.39, 0.29) is 5.56 Å². The molecule has 0 aliphatic rings. The van der Waals surface area contributed by atoms with Gasteiger partial charge in [-0.15, -0.1) is 0 Å². The van der Waals surface area contributed by atoms with Gasteiger partial charge in [-0.25, -0.2) is 13.8 Å². The van der Waals surface area contributed by atoms with Crippen LogP contribution in [0.4, 0.5) is 20.2 Å². The number of halogens is 2. The van der Waals surface area contributed by atoms with Crippen LogP contribution in [-0.2, 0) is 6.42 Å². The molecule has 1 heterocycles. The lowest BCUT2D eigenvalue weighted by Gasteiger charge is -2.07. The zero-order valence-corrected chi connectivity index (χ0v) is 7.85. The number of aromatic nitrogens is 1. The average molecular weight is 228 g/mol. The molecule has 0 amide bonds. The number of hydrogen-bond donors (Lipinski definition) is 1. The van der Waals surface area contributed by atoms with Crippen LogP contribution in [0.5, 0.6) is 0 Å². The number of rotatable bonds is 3. The van der Waals surface area contributed by atoms with Crippen molar-refractivity contribution in [2.45, 2.75) is 12.8 Å². The topological polar surface area (TPSA) is 106 Å². The molecule has 0 aliphatic carbocycles. The predicted molar refractivity (Wildman–Crippen MR) is 49.6 cm³/mol. The molecule has 0 aromatic carbocycles. The summed E-state index contributed by atoms with van der Waals surface area (Å²) in [7, 11) is 0. The normalized spacial score (nSPS) is 10.1. The summed E-state index contributed by atoms with van der Waals surface area (Å²) >= 11 is 0. The summed E-state index contributed by atoms with van der Waals surface area (Å²) in [5.74, 6) is 0. The maximum Gasteiger partial charge on any atom is 0.310 e. The molecule has 0 saturated heterocycles. The van der Waals surface area contributed by atoms with E-state index in [4.69, 9.17) is 11.0 Å². The zero-order valence-electron chi connectivity index (χ0n) is 7.85. The van der Waals surface area contributed by atoms with Crippen LogP contribution >= 0.6 is 0 Å². The lowest BCUT2D eigenvalue weighted by Crippen LogP contribution is -2.06. The maximum absolute atomic E-state index is 12.5. The van der Waals surface area contributed by atoms with Gasteiger partial charge < -0.3 is 5.73 Å². The smallest absolute Gasteiger partial charge is 0.310 e. The van der Waals surface area contributed by atoms with Crippen molar-refractivity contribution >= 4 is 11.4 Å². The van der Waals surface area contributed by atoms with Crippen LogP contribution < -0.4 is 5.73 Å². The Hall–Kier alpha value is -2.30. The molecule has 2 N–H and O–H groups in total. The highest BCUT2D eigenvalue weighted by atomic mass is 19.3. The average Bonchev–Trinajstić information content (AvgIpc) is 2.20. The minimum absolute atomic E-state index is 0.285. The van der Waals surface area contributed by atoms with Crippen LogP contribution in [0, 0.1) is 21.4 Å². The van der Waals surface area contributed by atoms with E-state index in [1.54, 1.807) is 6.07 Å². The first-order valence-corrected chi connectivity index (χ1v) is 4.05. The highest BCUT2D eigenvalue weighted by molar-refractivity contribution is 5.64. The van der Waals surface area contributed by atoms with Crippen LogP contribution in [0.3, 0.4) is 0 Å². The molecule has 0 spiro atoms. The molecule has 1 rings (SSSR count). The summed E-state index contributed by atoms with van der Waals surface area (Å²) < 4.78 is 24.9. The molecule has 0 saturated carbocycles. The summed E-state index contributed by atoms with van der Waals surface area (Å²) in [6.45, 7) is 0. The van der Waals surface area contributed by atoms with Crippen molar-refractivity contribution in [3.8, 4) is 6.07 Å². The molecule has 1 aromatic rings. The van der Waals surface area contributed by atoms with Crippen LogP contribution in [-0.4, -0.2) is 9.91 Å². The van der Waals surface area contributed by atoms with Crippen LogP contribution in [0.15, 0.2) is 6.20 Å². The van der Waals surface area contributed by atoms with Crippen LogP contribution in [0.1, 0.15) is 17.7 Å². The van der Waals surface area contributed by atoms with Crippen LogP contribution in [0.25, 0.3) is 0 Å². The Morgan fingerprint density at radius 3 is 2.75 bits per heavy atom. The molecular weight excluding hydrogens is 222 g/mol. The number of pyridine rings is 1. The monoisotopic (exact) mass is 228 g/mol. The molecule has 16 heavy (non-hydrogen) atoms. The maximum atomic E-state index is 12.5. The van der Waals surface area contributed by atoms with Gasteiger partial charge in [0.15, 0.2) is 0 Å². The van der Waals surface area contributed by atoms with Crippen molar-refractivity contribution < 1.29 is 13.7 Å². The number of alkyl halides is 2. The van der Waals surface area contributed by atoms with Crippen molar-refractivity contribution in [2.75, 3.05) is 5.73 Å². The van der Waals surface area contributed by atoms with Crippen LogP contribution in [0.2, 0.25) is 0 Å². The first-order valence-electron chi connectivity index (χ1n) is 4.05. The first-order chi connectivity index (χ1) is 7.49. The molecule has 0 atom stereocenters. The van der Waals surface area contributed by atoms with Gasteiger partial charge in [-0.1, -0.05) is 0 Å². The molecule has 0 radical (unpaired) electrons. The fourth-order valence-corrected chi connectivity index (χ4v) is 1.17. The van der Waals surface area contributed by atoms with Gasteiger partial charge in [-0.2, -0.15) is 5.26 Å². The second kappa shape index (κ2) is 4.48. The summed E-state index contributed by atoms with van der Waals surface area (Å²) in [5, 5.41) is 18.9. The minimum atomic E-state index is -2.92. The van der Waals surface area contributed by atoms with Gasteiger partial charge in [0.2, 0.25) is 0 Å². The summed E-state index contributed by atoms with van der Waals surface area (Å²) in [6.07, 6.45) is -2.70. The Morgan fingerprint density at radius 1 is 1.69 bits per heavy atom. The third-order valence-corrected chi connectivity index (χ3v) is 1.90. The van der Waals surface area contributed by atoms with Crippen molar-refractivity contribution in [2.24, 2.45) is 0 Å². The van der Waals surface area contributed by atoms with Gasteiger partial charge in [-0.05, 0) is 0 Å². The molecule has 0 fully saturated rings. The Morgan fingerprint density at radius 2 is 2.31 bits per heavy atom. The third-order valence-electron chi connectivity index (χ3n) is 1.90. The fraction of sp³-hybridized carbons (Fsp3) is 0.250. The second-order valence-electron chi connectivity index (χ2n) is 2.81. The number of nitro groups is 1. The number of hydrogen-bond acceptors (Lipinski definition) is 5. The van der Waals surface area contributed by atoms with E-state index in [2.05, 4.69) is 4.98 Å². The SMILES string of the molecule is N#CCc1c(C(F)F)ncc([N+](=O)[O-])c1N. The molecule has 8 heteroatoms. The van der Waals surface area contributed by atoms with Gasteiger partial charge in [0.25, 0.3) is 6.43 Å². The number of anilines is 1. The van der Waals surface area contributed by atoms with E-state index in [0.717, 1.165) is 0 Å². The number of nitrogens with zero attached hydrogens (tertiary/aromatic N) is 3. The molecule has 0 aliphatic heterocycles. The lowest BCUT2D eigenvalue weighted by molar-refractivity contribution is -0.384. The predicted octanol–water partition coefficient (Wildman–Crippen LogP) is 1.58. The zero-order chi connectivity index (χ0) is 12.3. The van der Waals surface area contributed by atoms with E-state index in [1.807, 2.05) is 0 Å². The van der Waals surface area contributed by atoms with Crippen molar-refractivity contribution in [3.63, 3.8) is 0 Å². The summed E-state index contributed by atoms with van der Waals surface area (Å²) in [6, 6.07) is 1.61. The highest BCUT2D eigenvalue weighted by Crippen LogP contribution is 2.31. The standard InChI is InChI=1S/C8H6F2N4O2/c9-8(10)7-4(1-2-11)6(12)5(3-13-7)14(15)16/h3,8H,1H2,(H2,12,13). The van der Waals surface area contributed by atoms with Gasteiger partial charge >= 0.3 is 5.69 Å². The quantitative estimate of drug-likeness (QED) is 0.624. The number of nitrogens with two attached hydrogens (primary N) is 1. The Bertz CT molecular complexity index is 470. The number of nitriles is 1. The molecule has 1 aromatic heterocycles. The van der Waals surface area contributed by atoms with E-state index < -0.39 is 34.8 Å². The highest BCUT2D eigenvalue weighted by Gasteiger charge is 2.23. The van der Waals surface area contributed by atoms with E-state index in [0.29, 0.717) is 6.20 Å². The molecule has 0 unspecified atom stereocenters. The van der Waals surface area contributed by atoms with Crippen molar-refractivity contribution in [1.29, 1.82) is 5.26 Å². The Kier molecular flexibility index (Phi) is 3.30. The van der Waals surface area contributed by atoms with E-state index in [9.17, 15) is 18.9 Å². The molecular formula is C8H6F2N4O2. The fourth-order valence-electron chi connectivity index (χ4n) is 1.17. The van der Waals surface area contributed by atoms with E-state index in [1.165, 1.54) is 0 Å². The first kappa shape index (κ1) is 11.8. The lowest BCUT2D eigenvalue weighted by atomic mass is 10.1. The second-order valence-corrected chi connectivity index (χ2v) is 2.81. The van der Waals surface area contributed by atoms with E-state index >= 15 is 0 Å². The third kappa shape index (κ3) is 2.03. The van der Waals surface area contributed by atoms with Crippen molar-refractivity contribution in [1.82, 2.24) is 4.98 Å².